The van der Waals surface area contributed by atoms with E-state index in [-0.39, 0.29) is 11.5 Å². The molecule has 27 heavy (non-hydrogen) atoms. The van der Waals surface area contributed by atoms with E-state index >= 15 is 0 Å². The van der Waals surface area contributed by atoms with Gasteiger partial charge in [0.25, 0.3) is 5.91 Å². The molecule has 0 fully saturated rings. The summed E-state index contributed by atoms with van der Waals surface area (Å²) in [7, 11) is 1.51. The molecule has 2 heterocycles. The second-order valence-corrected chi connectivity index (χ2v) is 6.03. The molecule has 0 aliphatic heterocycles. The van der Waals surface area contributed by atoms with Crippen LogP contribution in [0.25, 0.3) is 11.0 Å². The van der Waals surface area contributed by atoms with Crippen LogP contribution in [0.4, 0.5) is 5.95 Å². The molecule has 2 aromatic heterocycles. The van der Waals surface area contributed by atoms with E-state index in [2.05, 4.69) is 15.4 Å². The number of aromatic nitrogens is 4. The van der Waals surface area contributed by atoms with Crippen molar-refractivity contribution in [2.75, 3.05) is 12.4 Å². The predicted octanol–water partition coefficient (Wildman–Crippen LogP) is 1.94. The van der Waals surface area contributed by atoms with Gasteiger partial charge in [-0.05, 0) is 39.0 Å². The highest BCUT2D eigenvalue weighted by Gasteiger charge is 2.20. The van der Waals surface area contributed by atoms with Crippen LogP contribution in [-0.4, -0.2) is 38.3 Å². The van der Waals surface area contributed by atoms with Gasteiger partial charge >= 0.3 is 0 Å². The topological polar surface area (TPSA) is 117 Å². The van der Waals surface area contributed by atoms with Crippen molar-refractivity contribution >= 4 is 28.8 Å². The highest BCUT2D eigenvalue weighted by atomic mass is 16.5. The lowest BCUT2D eigenvalue weighted by Gasteiger charge is -2.10. The van der Waals surface area contributed by atoms with Crippen molar-refractivity contribution in [2.24, 2.45) is 5.73 Å². The molecule has 0 atom stereocenters. The Balaban J connectivity index is 2.08. The molecule has 0 saturated carbocycles. The molecule has 9 heteroatoms. The lowest BCUT2D eigenvalue weighted by Crippen LogP contribution is -2.19. The average Bonchev–Trinajstić information content (AvgIpc) is 3.19. The van der Waals surface area contributed by atoms with E-state index in [1.165, 1.54) is 7.11 Å². The lowest BCUT2D eigenvalue weighted by atomic mass is 10.1. The van der Waals surface area contributed by atoms with Gasteiger partial charge in [0, 0.05) is 18.7 Å². The van der Waals surface area contributed by atoms with E-state index in [1.54, 1.807) is 22.9 Å². The number of benzene rings is 1. The molecule has 0 saturated heterocycles. The van der Waals surface area contributed by atoms with Crippen molar-refractivity contribution < 1.29 is 14.3 Å². The number of carbonyl (C=O) groups is 2. The Morgan fingerprint density at radius 3 is 2.56 bits per heavy atom. The van der Waals surface area contributed by atoms with Gasteiger partial charge in [0.2, 0.25) is 11.9 Å². The van der Waals surface area contributed by atoms with Gasteiger partial charge in [-0.25, -0.2) is 4.98 Å². The van der Waals surface area contributed by atoms with Crippen LogP contribution in [0.3, 0.4) is 0 Å². The first-order valence-electron chi connectivity index (χ1n) is 8.63. The summed E-state index contributed by atoms with van der Waals surface area (Å²) < 4.78 is 8.86. The number of amides is 2. The van der Waals surface area contributed by atoms with E-state index < -0.39 is 5.91 Å². The summed E-state index contributed by atoms with van der Waals surface area (Å²) in [5.41, 5.74) is 8.09. The minimum Gasteiger partial charge on any atom is -0.494 e. The second kappa shape index (κ2) is 7.10. The Hall–Kier alpha value is -3.36. The second-order valence-electron chi connectivity index (χ2n) is 6.03. The van der Waals surface area contributed by atoms with Crippen LogP contribution in [-0.2, 0) is 13.1 Å². The Bertz CT molecular complexity index is 1030. The van der Waals surface area contributed by atoms with Crippen molar-refractivity contribution in [1.29, 1.82) is 0 Å². The maximum atomic E-state index is 12.8. The summed E-state index contributed by atoms with van der Waals surface area (Å²) in [5.74, 6) is -0.0600. The Labute approximate surface area is 156 Å². The number of carbonyl (C=O) groups excluding carboxylic acids is 2. The number of rotatable bonds is 6. The number of hydrogen-bond donors (Lipinski definition) is 2. The molecule has 9 nitrogen and oxygen atoms in total. The summed E-state index contributed by atoms with van der Waals surface area (Å²) in [5, 5.41) is 7.13. The normalized spacial score (nSPS) is 11.0. The van der Waals surface area contributed by atoms with E-state index in [4.69, 9.17) is 10.5 Å². The molecular formula is C18H22N6O3. The average molecular weight is 370 g/mol. The van der Waals surface area contributed by atoms with Crippen LogP contribution in [0, 0.1) is 6.92 Å². The number of primary amides is 1. The third-order valence-electron chi connectivity index (χ3n) is 4.29. The van der Waals surface area contributed by atoms with Crippen molar-refractivity contribution in [3.63, 3.8) is 0 Å². The smallest absolute Gasteiger partial charge is 0.276 e. The number of aryl methyl sites for hydroxylation is 3. The Morgan fingerprint density at radius 1 is 1.22 bits per heavy atom. The fourth-order valence-corrected chi connectivity index (χ4v) is 3.07. The van der Waals surface area contributed by atoms with Crippen molar-refractivity contribution in [2.45, 2.75) is 33.9 Å². The fraction of sp³-hybridized carbons (Fsp3) is 0.333. The largest absolute Gasteiger partial charge is 0.494 e. The van der Waals surface area contributed by atoms with Crippen molar-refractivity contribution in [3.8, 4) is 5.75 Å². The minimum absolute atomic E-state index is 0.290. The molecule has 3 aromatic rings. The summed E-state index contributed by atoms with van der Waals surface area (Å²) in [6.45, 7) is 6.81. The van der Waals surface area contributed by atoms with Crippen LogP contribution >= 0.6 is 0 Å². The quantitative estimate of drug-likeness (QED) is 0.688. The molecule has 1 aromatic carbocycles. The van der Waals surface area contributed by atoms with Gasteiger partial charge in [-0.1, -0.05) is 0 Å². The molecule has 3 N–H and O–H groups in total. The van der Waals surface area contributed by atoms with E-state index in [0.29, 0.717) is 41.5 Å². The molecule has 0 radical (unpaired) electrons. The Morgan fingerprint density at radius 2 is 1.96 bits per heavy atom. The Kier molecular flexibility index (Phi) is 4.85. The molecule has 0 aliphatic carbocycles. The summed E-state index contributed by atoms with van der Waals surface area (Å²) in [4.78, 5) is 28.8. The van der Waals surface area contributed by atoms with Gasteiger partial charge < -0.3 is 15.0 Å². The number of methoxy groups -OCH3 is 1. The van der Waals surface area contributed by atoms with Gasteiger partial charge in [-0.2, -0.15) is 5.10 Å². The van der Waals surface area contributed by atoms with Gasteiger partial charge in [-0.3, -0.25) is 19.6 Å². The number of anilines is 1. The molecule has 0 aliphatic rings. The predicted molar refractivity (Wildman–Crippen MR) is 101 cm³/mol. The molecular weight excluding hydrogens is 348 g/mol. The summed E-state index contributed by atoms with van der Waals surface area (Å²) in [6.07, 6.45) is 0. The standard InChI is InChI=1S/C18H22N6O3/c1-5-23-15-12(8-11(16(19)25)9-14(15)27-4)20-18(23)21-17(26)13-7-10(3)22-24(13)6-2/h7-9H,5-6H2,1-4H3,(H2,19,25)(H,20,21,26). The van der Waals surface area contributed by atoms with E-state index in [9.17, 15) is 9.59 Å². The van der Waals surface area contributed by atoms with E-state index in [1.807, 2.05) is 25.3 Å². The number of ether oxygens (including phenoxy) is 1. The fourth-order valence-electron chi connectivity index (χ4n) is 3.07. The van der Waals surface area contributed by atoms with Crippen molar-refractivity contribution in [1.82, 2.24) is 19.3 Å². The maximum Gasteiger partial charge on any atom is 0.276 e. The van der Waals surface area contributed by atoms with Crippen molar-refractivity contribution in [3.05, 3.63) is 35.2 Å². The van der Waals surface area contributed by atoms with Crippen LogP contribution in [0.15, 0.2) is 18.2 Å². The summed E-state index contributed by atoms with van der Waals surface area (Å²) >= 11 is 0. The first kappa shape index (κ1) is 18.4. The zero-order chi connectivity index (χ0) is 19.7. The third-order valence-corrected chi connectivity index (χ3v) is 4.29. The van der Waals surface area contributed by atoms with Crippen LogP contribution in [0.1, 0.15) is 40.4 Å². The minimum atomic E-state index is -0.575. The first-order chi connectivity index (χ1) is 12.9. The van der Waals surface area contributed by atoms with Gasteiger partial charge in [0.05, 0.1) is 18.3 Å². The number of hydrogen-bond acceptors (Lipinski definition) is 5. The monoisotopic (exact) mass is 370 g/mol. The molecule has 2 amide bonds. The highest BCUT2D eigenvalue weighted by molar-refractivity contribution is 6.04. The zero-order valence-electron chi connectivity index (χ0n) is 15.7. The molecule has 0 spiro atoms. The molecule has 3 rings (SSSR count). The summed E-state index contributed by atoms with van der Waals surface area (Å²) in [6, 6.07) is 4.88. The number of fused-ring (bicyclic) bond motifs is 1. The number of imidazole rings is 1. The number of nitrogens with zero attached hydrogens (tertiary/aromatic N) is 4. The van der Waals surface area contributed by atoms with Crippen LogP contribution < -0.4 is 15.8 Å². The third kappa shape index (κ3) is 3.23. The van der Waals surface area contributed by atoms with Gasteiger partial charge in [-0.15, -0.1) is 0 Å². The molecule has 142 valence electrons. The maximum absolute atomic E-state index is 12.8. The van der Waals surface area contributed by atoms with Gasteiger partial charge in [0.1, 0.15) is 17.0 Å². The number of nitrogens with two attached hydrogens (primary N) is 1. The van der Waals surface area contributed by atoms with Gasteiger partial charge in [0.15, 0.2) is 0 Å². The van der Waals surface area contributed by atoms with Crippen LogP contribution in [0.2, 0.25) is 0 Å². The molecule has 0 unspecified atom stereocenters. The van der Waals surface area contributed by atoms with Crippen LogP contribution in [0.5, 0.6) is 5.75 Å². The molecule has 0 bridgehead atoms. The first-order valence-corrected chi connectivity index (χ1v) is 8.63. The zero-order valence-corrected chi connectivity index (χ0v) is 15.7. The van der Waals surface area contributed by atoms with E-state index in [0.717, 1.165) is 5.69 Å². The highest BCUT2D eigenvalue weighted by Crippen LogP contribution is 2.30. The number of nitrogens with one attached hydrogen (secondary N) is 1. The lowest BCUT2D eigenvalue weighted by molar-refractivity contribution is 0.0995. The SMILES string of the molecule is CCn1nc(C)cc1C(=O)Nc1nc2cc(C(N)=O)cc(OC)c2n1CC.